The minimum Gasteiger partial charge on any atom is -0.335 e. The van der Waals surface area contributed by atoms with Crippen LogP contribution < -0.4 is 0 Å². The maximum absolute atomic E-state index is 13.0. The summed E-state index contributed by atoms with van der Waals surface area (Å²) in [6, 6.07) is 14.3. The molecule has 0 N–H and O–H groups in total. The maximum Gasteiger partial charge on any atom is 0.229 e. The van der Waals surface area contributed by atoms with Crippen LogP contribution in [0.1, 0.15) is 36.6 Å². The maximum atomic E-state index is 13.0. The molecule has 0 saturated carbocycles. The molecule has 0 aliphatic carbocycles. The van der Waals surface area contributed by atoms with Crippen LogP contribution in [-0.2, 0) is 11.2 Å². The van der Waals surface area contributed by atoms with Gasteiger partial charge in [0.05, 0.1) is 18.2 Å². The van der Waals surface area contributed by atoms with Gasteiger partial charge in [-0.05, 0) is 30.9 Å². The van der Waals surface area contributed by atoms with E-state index in [1.54, 1.807) is 17.5 Å². The second kappa shape index (κ2) is 7.79. The Kier molecular flexibility index (Phi) is 5.07. The summed E-state index contributed by atoms with van der Waals surface area (Å²) in [5, 5.41) is 2.97. The molecule has 1 atom stereocenters. The fourth-order valence-corrected chi connectivity index (χ4v) is 4.33. The molecule has 0 radical (unpaired) electrons. The van der Waals surface area contributed by atoms with E-state index in [9.17, 15) is 4.79 Å². The van der Waals surface area contributed by atoms with Gasteiger partial charge in [-0.2, -0.15) is 0 Å². The van der Waals surface area contributed by atoms with E-state index in [1.165, 1.54) is 0 Å². The van der Waals surface area contributed by atoms with Crippen molar-refractivity contribution < 1.29 is 4.79 Å². The lowest BCUT2D eigenvalue weighted by molar-refractivity contribution is -0.134. The Morgan fingerprint density at radius 1 is 1.15 bits per heavy atom. The van der Waals surface area contributed by atoms with Crippen LogP contribution in [0.15, 0.2) is 60.2 Å². The van der Waals surface area contributed by atoms with Crippen LogP contribution in [0, 0.1) is 0 Å². The van der Waals surface area contributed by atoms with E-state index in [1.807, 2.05) is 52.9 Å². The number of piperidine rings is 1. The Morgan fingerprint density at radius 3 is 2.85 bits per heavy atom. The zero-order valence-electron chi connectivity index (χ0n) is 14.5. The molecule has 1 aliphatic rings. The standard InChI is InChI=1S/C21H21N3OS/c25-20(13-18-15-26-21(23-18)16-7-2-1-3-8-16)24-12-5-4-10-19(24)17-9-6-11-22-14-17/h1-3,6-9,11,14-15,19H,4-5,10,12-13H2. The van der Waals surface area contributed by atoms with Crippen LogP contribution in [0.2, 0.25) is 0 Å². The van der Waals surface area contributed by atoms with Crippen molar-refractivity contribution in [3.8, 4) is 10.6 Å². The normalized spacial score (nSPS) is 17.2. The van der Waals surface area contributed by atoms with E-state index in [0.717, 1.165) is 47.6 Å². The highest BCUT2D eigenvalue weighted by molar-refractivity contribution is 7.13. The third-order valence-corrected chi connectivity index (χ3v) is 5.74. The molecule has 3 heterocycles. The largest absolute Gasteiger partial charge is 0.335 e. The third kappa shape index (κ3) is 3.68. The van der Waals surface area contributed by atoms with E-state index in [4.69, 9.17) is 0 Å². The van der Waals surface area contributed by atoms with Crippen molar-refractivity contribution in [3.63, 3.8) is 0 Å². The number of carbonyl (C=O) groups excluding carboxylic acids is 1. The number of hydrogen-bond donors (Lipinski definition) is 0. The molecule has 132 valence electrons. The van der Waals surface area contributed by atoms with Crippen LogP contribution in [0.25, 0.3) is 10.6 Å². The molecule has 3 aromatic rings. The molecular weight excluding hydrogens is 342 g/mol. The third-order valence-electron chi connectivity index (χ3n) is 4.80. The van der Waals surface area contributed by atoms with Gasteiger partial charge < -0.3 is 4.90 Å². The fourth-order valence-electron chi connectivity index (χ4n) is 3.51. The smallest absolute Gasteiger partial charge is 0.229 e. The number of thiazole rings is 1. The highest BCUT2D eigenvalue weighted by Crippen LogP contribution is 2.31. The van der Waals surface area contributed by atoms with E-state index in [2.05, 4.69) is 16.0 Å². The van der Waals surface area contributed by atoms with Gasteiger partial charge >= 0.3 is 0 Å². The predicted octanol–water partition coefficient (Wildman–Crippen LogP) is 4.50. The number of aromatic nitrogens is 2. The van der Waals surface area contributed by atoms with Gasteiger partial charge in [-0.25, -0.2) is 4.98 Å². The summed E-state index contributed by atoms with van der Waals surface area (Å²) >= 11 is 1.60. The van der Waals surface area contributed by atoms with Crippen LogP contribution >= 0.6 is 11.3 Å². The van der Waals surface area contributed by atoms with Crippen LogP contribution in [0.5, 0.6) is 0 Å². The molecule has 0 spiro atoms. The molecule has 1 aliphatic heterocycles. The lowest BCUT2D eigenvalue weighted by Gasteiger charge is -2.36. The molecule has 5 heteroatoms. The molecule has 0 bridgehead atoms. The Bertz CT molecular complexity index is 863. The first-order valence-electron chi connectivity index (χ1n) is 9.00. The monoisotopic (exact) mass is 363 g/mol. The van der Waals surface area contributed by atoms with Gasteiger partial charge in [0.15, 0.2) is 0 Å². The van der Waals surface area contributed by atoms with E-state index < -0.39 is 0 Å². The van der Waals surface area contributed by atoms with Crippen molar-refractivity contribution in [3.05, 3.63) is 71.5 Å². The molecule has 1 unspecified atom stereocenters. The molecule has 1 aromatic carbocycles. The van der Waals surface area contributed by atoms with Gasteiger partial charge in [0.2, 0.25) is 5.91 Å². The minimum atomic E-state index is 0.136. The number of pyridine rings is 1. The second-order valence-corrected chi connectivity index (χ2v) is 7.43. The molecule has 4 nitrogen and oxygen atoms in total. The number of nitrogens with zero attached hydrogens (tertiary/aromatic N) is 3. The van der Waals surface area contributed by atoms with Gasteiger partial charge in [0.1, 0.15) is 5.01 Å². The summed E-state index contributed by atoms with van der Waals surface area (Å²) in [5.41, 5.74) is 3.08. The van der Waals surface area contributed by atoms with E-state index in [-0.39, 0.29) is 11.9 Å². The van der Waals surface area contributed by atoms with Crippen molar-refractivity contribution >= 4 is 17.2 Å². The van der Waals surface area contributed by atoms with Crippen molar-refractivity contribution in [2.75, 3.05) is 6.54 Å². The molecule has 1 saturated heterocycles. The van der Waals surface area contributed by atoms with Crippen molar-refractivity contribution in [1.29, 1.82) is 0 Å². The molecule has 2 aromatic heterocycles. The summed E-state index contributed by atoms with van der Waals surface area (Å²) in [7, 11) is 0. The minimum absolute atomic E-state index is 0.136. The topological polar surface area (TPSA) is 46.1 Å². The number of benzene rings is 1. The van der Waals surface area contributed by atoms with Crippen molar-refractivity contribution in [2.45, 2.75) is 31.7 Å². The molecule has 1 fully saturated rings. The highest BCUT2D eigenvalue weighted by atomic mass is 32.1. The van der Waals surface area contributed by atoms with E-state index >= 15 is 0 Å². The number of likely N-dealkylation sites (tertiary alicyclic amines) is 1. The first-order valence-corrected chi connectivity index (χ1v) is 9.88. The Balaban J connectivity index is 1.49. The van der Waals surface area contributed by atoms with Crippen molar-refractivity contribution in [2.24, 2.45) is 0 Å². The summed E-state index contributed by atoms with van der Waals surface area (Å²) in [6.45, 7) is 0.814. The van der Waals surface area contributed by atoms with Gasteiger partial charge in [-0.1, -0.05) is 36.4 Å². The summed E-state index contributed by atoms with van der Waals surface area (Å²) in [6.07, 6.45) is 7.24. The van der Waals surface area contributed by atoms with Gasteiger partial charge in [0, 0.05) is 29.9 Å². The Labute approximate surface area is 157 Å². The lowest BCUT2D eigenvalue weighted by atomic mass is 9.96. The average Bonchev–Trinajstić information content (AvgIpc) is 3.18. The molecule has 1 amide bonds. The molecular formula is C21H21N3OS. The highest BCUT2D eigenvalue weighted by Gasteiger charge is 2.28. The summed E-state index contributed by atoms with van der Waals surface area (Å²) in [4.78, 5) is 23.9. The first kappa shape index (κ1) is 16.9. The van der Waals surface area contributed by atoms with Gasteiger partial charge in [-0.3, -0.25) is 9.78 Å². The molecule has 26 heavy (non-hydrogen) atoms. The Hall–Kier alpha value is -2.53. The number of carbonyl (C=O) groups is 1. The van der Waals surface area contributed by atoms with Gasteiger partial charge in [-0.15, -0.1) is 11.3 Å². The lowest BCUT2D eigenvalue weighted by Crippen LogP contribution is -2.39. The SMILES string of the molecule is O=C(Cc1csc(-c2ccccc2)n1)N1CCCCC1c1cccnc1. The van der Waals surface area contributed by atoms with Crippen LogP contribution in [0.4, 0.5) is 0 Å². The predicted molar refractivity (Wildman–Crippen MR) is 104 cm³/mol. The Morgan fingerprint density at radius 2 is 2.04 bits per heavy atom. The van der Waals surface area contributed by atoms with E-state index in [0.29, 0.717) is 6.42 Å². The van der Waals surface area contributed by atoms with Crippen LogP contribution in [0.3, 0.4) is 0 Å². The fraction of sp³-hybridized carbons (Fsp3) is 0.286. The average molecular weight is 363 g/mol. The van der Waals surface area contributed by atoms with Gasteiger partial charge in [0.25, 0.3) is 0 Å². The quantitative estimate of drug-likeness (QED) is 0.685. The second-order valence-electron chi connectivity index (χ2n) is 6.57. The summed E-state index contributed by atoms with van der Waals surface area (Å²) < 4.78 is 0. The van der Waals surface area contributed by atoms with Crippen LogP contribution in [-0.4, -0.2) is 27.3 Å². The first-order chi connectivity index (χ1) is 12.8. The summed E-state index contributed by atoms with van der Waals surface area (Å²) in [5.74, 6) is 0.156. The number of hydrogen-bond acceptors (Lipinski definition) is 4. The molecule has 4 rings (SSSR count). The zero-order valence-corrected chi connectivity index (χ0v) is 15.4. The number of amides is 1. The zero-order chi connectivity index (χ0) is 17.8. The number of rotatable bonds is 4. The van der Waals surface area contributed by atoms with Crippen molar-refractivity contribution in [1.82, 2.24) is 14.9 Å².